The van der Waals surface area contributed by atoms with Crippen molar-refractivity contribution in [3.05, 3.63) is 36.3 Å². The zero-order valence-corrected chi connectivity index (χ0v) is 9.33. The Morgan fingerprint density at radius 2 is 2.00 bits per heavy atom. The number of sulfonamides is 1. The number of hydrogen-bond donors (Lipinski definition) is 1. The summed E-state index contributed by atoms with van der Waals surface area (Å²) in [6, 6.07) is 8.75. The SMILES string of the molecule is CCCNS(=O)(=O)[CH]Oc1ccccc1. The van der Waals surface area contributed by atoms with Gasteiger partial charge in [0, 0.05) is 6.54 Å². The molecule has 0 fully saturated rings. The Bertz CT molecular complexity index is 375. The molecule has 0 spiro atoms. The van der Waals surface area contributed by atoms with E-state index in [2.05, 4.69) is 4.72 Å². The fourth-order valence-corrected chi connectivity index (χ4v) is 1.69. The van der Waals surface area contributed by atoms with E-state index in [-0.39, 0.29) is 0 Å². The minimum Gasteiger partial charge on any atom is -0.468 e. The van der Waals surface area contributed by atoms with Gasteiger partial charge < -0.3 is 4.74 Å². The second-order valence-corrected chi connectivity index (χ2v) is 4.54. The number of nitrogens with one attached hydrogen (secondary N) is 1. The Kier molecular flexibility index (Phi) is 4.58. The van der Waals surface area contributed by atoms with Crippen molar-refractivity contribution >= 4 is 10.0 Å². The molecule has 0 bridgehead atoms. The summed E-state index contributed by atoms with van der Waals surface area (Å²) in [4.78, 5) is 0. The molecule has 4 nitrogen and oxygen atoms in total. The van der Waals surface area contributed by atoms with E-state index in [4.69, 9.17) is 4.74 Å². The van der Waals surface area contributed by atoms with Crippen LogP contribution in [0.4, 0.5) is 0 Å². The van der Waals surface area contributed by atoms with E-state index in [1.807, 2.05) is 13.0 Å². The maximum Gasteiger partial charge on any atom is 0.264 e. The van der Waals surface area contributed by atoms with Gasteiger partial charge in [-0.05, 0) is 18.6 Å². The van der Waals surface area contributed by atoms with Crippen LogP contribution in [0.1, 0.15) is 13.3 Å². The highest BCUT2D eigenvalue weighted by Crippen LogP contribution is 2.10. The highest BCUT2D eigenvalue weighted by Gasteiger charge is 2.10. The number of ether oxygens (including phenoxy) is 1. The van der Waals surface area contributed by atoms with Gasteiger partial charge >= 0.3 is 0 Å². The Morgan fingerprint density at radius 3 is 2.60 bits per heavy atom. The highest BCUT2D eigenvalue weighted by molar-refractivity contribution is 7.91. The summed E-state index contributed by atoms with van der Waals surface area (Å²) in [5, 5.41) is 0. The van der Waals surface area contributed by atoms with Crippen LogP contribution >= 0.6 is 0 Å². The molecule has 0 saturated heterocycles. The molecule has 0 aromatic heterocycles. The fraction of sp³-hybridized carbons (Fsp3) is 0.300. The molecule has 1 N–H and O–H groups in total. The standard InChI is InChI=1S/C10H14NO3S/c1-2-8-11-15(12,13)9-14-10-6-4-3-5-7-10/h3-7,9,11H,2,8H2,1H3. The number of rotatable bonds is 6. The van der Waals surface area contributed by atoms with E-state index in [0.717, 1.165) is 12.4 Å². The first-order valence-electron chi connectivity index (χ1n) is 4.68. The van der Waals surface area contributed by atoms with Gasteiger partial charge in [-0.2, -0.15) is 0 Å². The van der Waals surface area contributed by atoms with E-state index in [0.29, 0.717) is 12.3 Å². The maximum atomic E-state index is 11.3. The molecule has 1 rings (SSSR count). The number of benzene rings is 1. The summed E-state index contributed by atoms with van der Waals surface area (Å²) < 4.78 is 29.9. The molecular formula is C10H14NO3S. The predicted octanol–water partition coefficient (Wildman–Crippen LogP) is 1.51. The summed E-state index contributed by atoms with van der Waals surface area (Å²) in [7, 11) is -3.44. The van der Waals surface area contributed by atoms with E-state index < -0.39 is 10.0 Å². The largest absolute Gasteiger partial charge is 0.468 e. The molecule has 15 heavy (non-hydrogen) atoms. The minimum atomic E-state index is -3.44. The monoisotopic (exact) mass is 228 g/mol. The zero-order valence-electron chi connectivity index (χ0n) is 8.51. The maximum absolute atomic E-state index is 11.3. The van der Waals surface area contributed by atoms with E-state index in [1.165, 1.54) is 0 Å². The van der Waals surface area contributed by atoms with Gasteiger partial charge in [-0.1, -0.05) is 25.1 Å². The third kappa shape index (κ3) is 4.80. The normalized spacial score (nSPS) is 11.3. The van der Waals surface area contributed by atoms with Gasteiger partial charge in [-0.25, -0.2) is 13.1 Å². The van der Waals surface area contributed by atoms with E-state index in [9.17, 15) is 8.42 Å². The second-order valence-electron chi connectivity index (χ2n) is 2.97. The molecule has 0 saturated carbocycles. The lowest BCUT2D eigenvalue weighted by atomic mass is 10.3. The molecule has 0 aliphatic heterocycles. The molecule has 1 aromatic carbocycles. The Hall–Kier alpha value is -1.07. The molecule has 0 atom stereocenters. The van der Waals surface area contributed by atoms with Gasteiger partial charge in [0.1, 0.15) is 5.75 Å². The molecule has 83 valence electrons. The molecule has 1 aromatic rings. The van der Waals surface area contributed by atoms with Crippen LogP contribution in [0.2, 0.25) is 0 Å². The van der Waals surface area contributed by atoms with Crippen LogP contribution in [0.15, 0.2) is 30.3 Å². The van der Waals surface area contributed by atoms with Crippen molar-refractivity contribution in [1.29, 1.82) is 0 Å². The topological polar surface area (TPSA) is 55.4 Å². The molecule has 0 aliphatic carbocycles. The lowest BCUT2D eigenvalue weighted by molar-refractivity contribution is 0.437. The van der Waals surface area contributed by atoms with Crippen molar-refractivity contribution in [2.75, 3.05) is 6.54 Å². The van der Waals surface area contributed by atoms with Gasteiger partial charge in [-0.15, -0.1) is 0 Å². The smallest absolute Gasteiger partial charge is 0.264 e. The van der Waals surface area contributed by atoms with Crippen LogP contribution in [0.5, 0.6) is 5.75 Å². The first-order chi connectivity index (χ1) is 7.14. The summed E-state index contributed by atoms with van der Waals surface area (Å²) in [5.41, 5.74) is 0. The third-order valence-electron chi connectivity index (χ3n) is 1.61. The van der Waals surface area contributed by atoms with Crippen molar-refractivity contribution in [3.63, 3.8) is 0 Å². The van der Waals surface area contributed by atoms with Gasteiger partial charge in [0.2, 0.25) is 0 Å². The van der Waals surface area contributed by atoms with Crippen LogP contribution in [-0.2, 0) is 10.0 Å². The average molecular weight is 228 g/mol. The first kappa shape index (κ1) is 12.0. The van der Waals surface area contributed by atoms with Crippen molar-refractivity contribution in [3.8, 4) is 5.75 Å². The zero-order chi connectivity index (χ0) is 11.1. The van der Waals surface area contributed by atoms with Crippen molar-refractivity contribution in [2.24, 2.45) is 0 Å². The molecular weight excluding hydrogens is 214 g/mol. The van der Waals surface area contributed by atoms with Crippen molar-refractivity contribution in [2.45, 2.75) is 13.3 Å². The lowest BCUT2D eigenvalue weighted by Crippen LogP contribution is -2.25. The molecule has 0 aliphatic rings. The quantitative estimate of drug-likeness (QED) is 0.803. The van der Waals surface area contributed by atoms with Crippen LogP contribution in [0.3, 0.4) is 0 Å². The fourth-order valence-electron chi connectivity index (χ4n) is 0.896. The number of hydrogen-bond acceptors (Lipinski definition) is 3. The van der Waals surface area contributed by atoms with E-state index >= 15 is 0 Å². The summed E-state index contributed by atoms with van der Waals surface area (Å²) in [5.74, 6) is 1.32. The van der Waals surface area contributed by atoms with Gasteiger partial charge in [0.05, 0.1) is 0 Å². The Balaban J connectivity index is 2.43. The van der Waals surface area contributed by atoms with Gasteiger partial charge in [0.25, 0.3) is 16.0 Å². The van der Waals surface area contributed by atoms with Crippen LogP contribution < -0.4 is 9.46 Å². The number of para-hydroxylation sites is 1. The Labute approximate surface area is 90.3 Å². The molecule has 1 radical (unpaired) electrons. The van der Waals surface area contributed by atoms with Gasteiger partial charge in [-0.3, -0.25) is 0 Å². The van der Waals surface area contributed by atoms with Crippen LogP contribution in [-0.4, -0.2) is 15.0 Å². The van der Waals surface area contributed by atoms with Gasteiger partial charge in [0.15, 0.2) is 0 Å². The van der Waals surface area contributed by atoms with E-state index in [1.54, 1.807) is 24.3 Å². The summed E-state index contributed by atoms with van der Waals surface area (Å²) in [6.45, 7) is 2.30. The van der Waals surface area contributed by atoms with Crippen LogP contribution in [0, 0.1) is 5.94 Å². The molecule has 5 heteroatoms. The second kappa shape index (κ2) is 5.72. The minimum absolute atomic E-state index is 0.414. The highest BCUT2D eigenvalue weighted by atomic mass is 32.2. The molecule has 0 unspecified atom stereocenters. The van der Waals surface area contributed by atoms with Crippen molar-refractivity contribution < 1.29 is 13.2 Å². The summed E-state index contributed by atoms with van der Waals surface area (Å²) in [6.07, 6.45) is 0.748. The Morgan fingerprint density at radius 1 is 1.33 bits per heavy atom. The molecule has 0 heterocycles. The predicted molar refractivity (Wildman–Crippen MR) is 58.6 cm³/mol. The third-order valence-corrected chi connectivity index (χ3v) is 2.56. The van der Waals surface area contributed by atoms with Crippen LogP contribution in [0.25, 0.3) is 0 Å². The summed E-state index contributed by atoms with van der Waals surface area (Å²) >= 11 is 0. The van der Waals surface area contributed by atoms with Crippen molar-refractivity contribution in [1.82, 2.24) is 4.72 Å². The molecule has 0 amide bonds. The average Bonchev–Trinajstić information content (AvgIpc) is 2.25. The first-order valence-corrected chi connectivity index (χ1v) is 6.23. The lowest BCUT2D eigenvalue weighted by Gasteiger charge is -2.06.